The number of hydrogen-bond acceptors (Lipinski definition) is 3. The smallest absolute Gasteiger partial charge is 0.266 e. The fourth-order valence-electron chi connectivity index (χ4n) is 2.71. The highest BCUT2D eigenvalue weighted by atomic mass is 35.5. The molecule has 0 amide bonds. The van der Waals surface area contributed by atoms with Crippen molar-refractivity contribution in [1.29, 1.82) is 0 Å². The Morgan fingerprint density at radius 3 is 2.65 bits per heavy atom. The Morgan fingerprint density at radius 1 is 1.23 bits per heavy atom. The van der Waals surface area contributed by atoms with Gasteiger partial charge in [-0.15, -0.1) is 23.2 Å². The van der Waals surface area contributed by atoms with E-state index in [1.807, 2.05) is 0 Å². The highest BCUT2D eigenvalue weighted by Gasteiger charge is 2.51. The van der Waals surface area contributed by atoms with E-state index in [1.165, 1.54) is 22.4 Å². The van der Waals surface area contributed by atoms with Gasteiger partial charge in [-0.1, -0.05) is 23.9 Å². The molecule has 3 aromatic rings. The summed E-state index contributed by atoms with van der Waals surface area (Å²) < 4.78 is 28.1. The lowest BCUT2D eigenvalue weighted by Crippen LogP contribution is -2.23. The van der Waals surface area contributed by atoms with Gasteiger partial charge in [-0.2, -0.15) is 0 Å². The summed E-state index contributed by atoms with van der Waals surface area (Å²) in [6.45, 7) is 0. The van der Waals surface area contributed by atoms with Crippen LogP contribution < -0.4 is 5.56 Å². The van der Waals surface area contributed by atoms with E-state index in [0.717, 1.165) is 12.1 Å². The molecule has 134 valence electrons. The lowest BCUT2D eigenvalue weighted by molar-refractivity contribution is 0.572. The van der Waals surface area contributed by atoms with Crippen molar-refractivity contribution in [3.63, 3.8) is 0 Å². The van der Waals surface area contributed by atoms with E-state index in [2.05, 4.69) is 4.98 Å². The van der Waals surface area contributed by atoms with Crippen LogP contribution in [0.4, 0.5) is 8.78 Å². The Morgan fingerprint density at radius 2 is 1.96 bits per heavy atom. The van der Waals surface area contributed by atoms with Gasteiger partial charge in [0.1, 0.15) is 16.0 Å². The van der Waals surface area contributed by atoms with E-state index >= 15 is 0 Å². The van der Waals surface area contributed by atoms with Crippen LogP contribution in [0.2, 0.25) is 0 Å². The maximum Gasteiger partial charge on any atom is 0.266 e. The molecule has 1 aromatic heterocycles. The quantitative estimate of drug-likeness (QED) is 0.345. The van der Waals surface area contributed by atoms with Gasteiger partial charge in [-0.3, -0.25) is 9.36 Å². The Kier molecular flexibility index (Phi) is 4.45. The summed E-state index contributed by atoms with van der Waals surface area (Å²) in [4.78, 5) is 17.5. The van der Waals surface area contributed by atoms with Crippen molar-refractivity contribution in [2.24, 2.45) is 5.92 Å². The van der Waals surface area contributed by atoms with Crippen LogP contribution in [0.1, 0.15) is 6.42 Å². The Labute approximate surface area is 161 Å². The Bertz CT molecular complexity index is 1070. The van der Waals surface area contributed by atoms with Gasteiger partial charge in [0.05, 0.1) is 16.6 Å². The standard InChI is InChI=1S/C18H12Cl2F2N2OS/c19-18(20)8-10(18)9-26-17-23-14-4-2-1-3-12(14)16(25)24(17)15-6-5-11(21)7-13(15)22/h1-7,10H,8-9H2. The lowest BCUT2D eigenvalue weighted by atomic mass is 10.2. The highest BCUT2D eigenvalue weighted by molar-refractivity contribution is 7.99. The summed E-state index contributed by atoms with van der Waals surface area (Å²) in [6.07, 6.45) is 0.659. The molecule has 3 nitrogen and oxygen atoms in total. The fraction of sp³-hybridized carbons (Fsp3) is 0.222. The first-order chi connectivity index (χ1) is 12.4. The van der Waals surface area contributed by atoms with E-state index in [-0.39, 0.29) is 11.6 Å². The number of benzene rings is 2. The number of aromatic nitrogens is 2. The molecule has 1 heterocycles. The van der Waals surface area contributed by atoms with Crippen LogP contribution >= 0.6 is 35.0 Å². The second kappa shape index (κ2) is 6.51. The predicted octanol–water partition coefficient (Wildman–Crippen LogP) is 4.95. The van der Waals surface area contributed by atoms with Gasteiger partial charge in [0.15, 0.2) is 5.16 Å². The molecule has 0 aliphatic heterocycles. The second-order valence-electron chi connectivity index (χ2n) is 6.12. The normalized spacial score (nSPS) is 18.2. The first-order valence-corrected chi connectivity index (χ1v) is 9.59. The molecular weight excluding hydrogens is 401 g/mol. The van der Waals surface area contributed by atoms with E-state index in [0.29, 0.717) is 28.2 Å². The molecule has 1 saturated carbocycles. The average molecular weight is 413 g/mol. The monoisotopic (exact) mass is 412 g/mol. The molecule has 0 spiro atoms. The van der Waals surface area contributed by atoms with Crippen LogP contribution in [0.15, 0.2) is 52.4 Å². The van der Waals surface area contributed by atoms with Gasteiger partial charge in [-0.05, 0) is 30.7 Å². The molecule has 0 radical (unpaired) electrons. The van der Waals surface area contributed by atoms with E-state index in [4.69, 9.17) is 23.2 Å². The molecule has 1 fully saturated rings. The van der Waals surface area contributed by atoms with Crippen LogP contribution in [-0.2, 0) is 0 Å². The molecule has 4 rings (SSSR count). The maximum atomic E-state index is 14.4. The zero-order valence-electron chi connectivity index (χ0n) is 13.3. The summed E-state index contributed by atoms with van der Waals surface area (Å²) in [5.74, 6) is -0.929. The van der Waals surface area contributed by atoms with Gasteiger partial charge in [0, 0.05) is 17.7 Å². The van der Waals surface area contributed by atoms with Crippen molar-refractivity contribution in [3.8, 4) is 5.69 Å². The number of thioether (sulfide) groups is 1. The molecule has 1 aliphatic rings. The number of fused-ring (bicyclic) bond motifs is 1. The minimum Gasteiger partial charge on any atom is -0.268 e. The number of rotatable bonds is 4. The molecule has 1 unspecified atom stereocenters. The van der Waals surface area contributed by atoms with Crippen LogP contribution in [0.5, 0.6) is 0 Å². The van der Waals surface area contributed by atoms with Crippen molar-refractivity contribution in [2.45, 2.75) is 15.9 Å². The molecule has 26 heavy (non-hydrogen) atoms. The molecular formula is C18H12Cl2F2N2OS. The maximum absolute atomic E-state index is 14.4. The summed E-state index contributed by atoms with van der Waals surface area (Å²) in [7, 11) is 0. The van der Waals surface area contributed by atoms with E-state index in [1.54, 1.807) is 24.3 Å². The van der Waals surface area contributed by atoms with Crippen molar-refractivity contribution in [1.82, 2.24) is 9.55 Å². The van der Waals surface area contributed by atoms with Crippen LogP contribution in [0.25, 0.3) is 16.6 Å². The zero-order chi connectivity index (χ0) is 18.5. The van der Waals surface area contributed by atoms with Gasteiger partial charge in [0.2, 0.25) is 0 Å². The third kappa shape index (κ3) is 3.21. The van der Waals surface area contributed by atoms with Gasteiger partial charge in [-0.25, -0.2) is 13.8 Å². The molecule has 0 saturated heterocycles. The number of nitrogens with zero attached hydrogens (tertiary/aromatic N) is 2. The van der Waals surface area contributed by atoms with E-state index < -0.39 is 21.5 Å². The van der Waals surface area contributed by atoms with Gasteiger partial charge in [0.25, 0.3) is 5.56 Å². The minimum absolute atomic E-state index is 0.0454. The zero-order valence-corrected chi connectivity index (χ0v) is 15.6. The summed E-state index contributed by atoms with van der Waals surface area (Å²) >= 11 is 13.4. The molecule has 0 N–H and O–H groups in total. The van der Waals surface area contributed by atoms with Crippen LogP contribution in [0, 0.1) is 17.6 Å². The topological polar surface area (TPSA) is 34.9 Å². The molecule has 8 heteroatoms. The first kappa shape index (κ1) is 17.8. The third-order valence-electron chi connectivity index (χ3n) is 4.26. The highest BCUT2D eigenvalue weighted by Crippen LogP contribution is 2.54. The predicted molar refractivity (Wildman–Crippen MR) is 101 cm³/mol. The van der Waals surface area contributed by atoms with Gasteiger partial charge >= 0.3 is 0 Å². The number of hydrogen-bond donors (Lipinski definition) is 0. The van der Waals surface area contributed by atoms with Gasteiger partial charge < -0.3 is 0 Å². The van der Waals surface area contributed by atoms with Crippen molar-refractivity contribution in [3.05, 3.63) is 64.5 Å². The lowest BCUT2D eigenvalue weighted by Gasteiger charge is -2.14. The molecule has 2 aromatic carbocycles. The van der Waals surface area contributed by atoms with Crippen molar-refractivity contribution < 1.29 is 8.78 Å². The third-order valence-corrected chi connectivity index (χ3v) is 6.29. The van der Waals surface area contributed by atoms with Crippen molar-refractivity contribution in [2.75, 3.05) is 5.75 Å². The number of halogens is 4. The number of para-hydroxylation sites is 1. The Hall–Kier alpha value is -1.63. The van der Waals surface area contributed by atoms with E-state index in [9.17, 15) is 13.6 Å². The van der Waals surface area contributed by atoms with Crippen molar-refractivity contribution >= 4 is 45.9 Å². The molecule has 0 bridgehead atoms. The summed E-state index contributed by atoms with van der Waals surface area (Å²) in [5.41, 5.74) is 0.0518. The second-order valence-corrected chi connectivity index (χ2v) is 8.65. The molecule has 1 atom stereocenters. The largest absolute Gasteiger partial charge is 0.268 e. The Balaban J connectivity index is 1.86. The summed E-state index contributed by atoms with van der Waals surface area (Å²) in [6, 6.07) is 9.92. The average Bonchev–Trinajstić information content (AvgIpc) is 3.21. The van der Waals surface area contributed by atoms with Crippen LogP contribution in [0.3, 0.4) is 0 Å². The minimum atomic E-state index is -0.832. The SMILES string of the molecule is O=c1c2ccccc2nc(SCC2CC2(Cl)Cl)n1-c1ccc(F)cc1F. The first-order valence-electron chi connectivity index (χ1n) is 7.84. The fourth-order valence-corrected chi connectivity index (χ4v) is 4.65. The van der Waals surface area contributed by atoms with Crippen LogP contribution in [-0.4, -0.2) is 19.6 Å². The molecule has 1 aliphatic carbocycles. The summed E-state index contributed by atoms with van der Waals surface area (Å²) in [5, 5.41) is 0.672. The number of alkyl halides is 2.